The van der Waals surface area contributed by atoms with Gasteiger partial charge in [-0.15, -0.1) is 0 Å². The minimum atomic E-state index is -0.109. The molecular weight excluding hydrogens is 258 g/mol. The van der Waals surface area contributed by atoms with Crippen molar-refractivity contribution in [2.45, 2.75) is 13.0 Å². The van der Waals surface area contributed by atoms with Crippen LogP contribution in [-0.4, -0.2) is 20.3 Å². The van der Waals surface area contributed by atoms with E-state index in [9.17, 15) is 0 Å². The summed E-state index contributed by atoms with van der Waals surface area (Å²) in [5.41, 5.74) is 6.65. The molecule has 0 aliphatic carbocycles. The number of hydrogen-bond acceptors (Lipinski definition) is 3. The van der Waals surface area contributed by atoms with Crippen molar-refractivity contribution in [3.63, 3.8) is 0 Å². The van der Waals surface area contributed by atoms with Crippen LogP contribution in [0.3, 0.4) is 0 Å². The van der Waals surface area contributed by atoms with Crippen LogP contribution in [0.2, 0.25) is 0 Å². The summed E-state index contributed by atoms with van der Waals surface area (Å²) in [4.78, 5) is 0. The van der Waals surface area contributed by atoms with Gasteiger partial charge in [0.1, 0.15) is 5.75 Å². The van der Waals surface area contributed by atoms with Gasteiger partial charge in [0.25, 0.3) is 0 Å². The zero-order valence-electron chi connectivity index (χ0n) is 9.00. The van der Waals surface area contributed by atoms with Crippen molar-refractivity contribution in [2.24, 2.45) is 5.73 Å². The number of nitrogens with two attached hydrogens (primary N) is 1. The molecule has 0 spiro atoms. The molecule has 0 heterocycles. The molecule has 3 nitrogen and oxygen atoms in total. The Labute approximate surface area is 98.7 Å². The lowest BCUT2D eigenvalue weighted by molar-refractivity contribution is 0.0670. The summed E-state index contributed by atoms with van der Waals surface area (Å²) in [6.45, 7) is 3.03. The largest absolute Gasteiger partial charge is 0.496 e. The van der Waals surface area contributed by atoms with Crippen molar-refractivity contribution < 1.29 is 9.47 Å². The van der Waals surface area contributed by atoms with E-state index in [1.54, 1.807) is 7.11 Å². The Morgan fingerprint density at radius 1 is 1.47 bits per heavy atom. The van der Waals surface area contributed by atoms with Gasteiger partial charge in [0.15, 0.2) is 0 Å². The number of benzene rings is 1. The minimum absolute atomic E-state index is 0.109. The zero-order chi connectivity index (χ0) is 11.3. The lowest BCUT2D eigenvalue weighted by Crippen LogP contribution is -2.16. The van der Waals surface area contributed by atoms with Crippen LogP contribution in [-0.2, 0) is 4.74 Å². The Bertz CT molecular complexity index is 317. The molecule has 1 unspecified atom stereocenters. The van der Waals surface area contributed by atoms with Gasteiger partial charge in [0.2, 0.25) is 0 Å². The molecule has 0 aromatic heterocycles. The van der Waals surface area contributed by atoms with E-state index in [1.165, 1.54) is 0 Å². The molecule has 84 valence electrons. The van der Waals surface area contributed by atoms with E-state index in [0.29, 0.717) is 13.2 Å². The van der Waals surface area contributed by atoms with E-state index >= 15 is 0 Å². The lowest BCUT2D eigenvalue weighted by atomic mass is 10.1. The quantitative estimate of drug-likeness (QED) is 0.897. The topological polar surface area (TPSA) is 44.5 Å². The molecule has 1 atom stereocenters. The average Bonchev–Trinajstić information content (AvgIpc) is 2.26. The first-order chi connectivity index (χ1) is 7.22. The van der Waals surface area contributed by atoms with Crippen LogP contribution in [0, 0.1) is 0 Å². The van der Waals surface area contributed by atoms with Gasteiger partial charge in [-0.3, -0.25) is 0 Å². The maximum Gasteiger partial charge on any atom is 0.124 e. The Balaban J connectivity index is 3.02. The summed E-state index contributed by atoms with van der Waals surface area (Å²) < 4.78 is 11.8. The first-order valence-electron chi connectivity index (χ1n) is 4.88. The highest BCUT2D eigenvalue weighted by Crippen LogP contribution is 2.29. The minimum Gasteiger partial charge on any atom is -0.496 e. The van der Waals surface area contributed by atoms with Crippen molar-refractivity contribution >= 4 is 15.9 Å². The average molecular weight is 274 g/mol. The Kier molecular flexibility index (Phi) is 5.08. The van der Waals surface area contributed by atoms with Crippen LogP contribution in [0.15, 0.2) is 22.7 Å². The number of hydrogen-bond donors (Lipinski definition) is 1. The predicted octanol–water partition coefficient (Wildman–Crippen LogP) is 2.49. The van der Waals surface area contributed by atoms with Gasteiger partial charge in [0, 0.05) is 23.2 Å². The van der Waals surface area contributed by atoms with Crippen molar-refractivity contribution in [1.82, 2.24) is 0 Å². The molecule has 1 aromatic rings. The van der Waals surface area contributed by atoms with Crippen LogP contribution in [0.4, 0.5) is 0 Å². The highest BCUT2D eigenvalue weighted by Gasteiger charge is 2.14. The molecule has 2 N–H and O–H groups in total. The summed E-state index contributed by atoms with van der Waals surface area (Å²) in [5.74, 6) is 0.808. The molecule has 0 fully saturated rings. The summed E-state index contributed by atoms with van der Waals surface area (Å²) in [6.07, 6.45) is -0.109. The summed E-state index contributed by atoms with van der Waals surface area (Å²) in [5, 5.41) is 0. The number of halogens is 1. The van der Waals surface area contributed by atoms with Crippen LogP contribution >= 0.6 is 15.9 Å². The smallest absolute Gasteiger partial charge is 0.124 e. The molecule has 0 radical (unpaired) electrons. The van der Waals surface area contributed by atoms with E-state index < -0.39 is 0 Å². The van der Waals surface area contributed by atoms with Crippen LogP contribution in [0.1, 0.15) is 18.6 Å². The predicted molar refractivity (Wildman–Crippen MR) is 64.1 cm³/mol. The molecular formula is C11H16BrNO2. The fourth-order valence-electron chi connectivity index (χ4n) is 1.44. The maximum atomic E-state index is 5.67. The molecule has 0 aliphatic heterocycles. The highest BCUT2D eigenvalue weighted by atomic mass is 79.9. The molecule has 4 heteroatoms. The van der Waals surface area contributed by atoms with Crippen LogP contribution in [0.5, 0.6) is 5.75 Å². The van der Waals surface area contributed by atoms with E-state index in [4.69, 9.17) is 15.2 Å². The third-order valence-corrected chi connectivity index (χ3v) is 2.61. The number of methoxy groups -OCH3 is 1. The van der Waals surface area contributed by atoms with Crippen molar-refractivity contribution in [2.75, 3.05) is 20.3 Å². The molecule has 1 aromatic carbocycles. The van der Waals surface area contributed by atoms with Gasteiger partial charge in [-0.25, -0.2) is 0 Å². The SMILES string of the molecule is CCOC(CN)c1cc(Br)ccc1OC. The summed E-state index contributed by atoms with van der Waals surface area (Å²) in [6, 6.07) is 5.81. The third-order valence-electron chi connectivity index (χ3n) is 2.12. The second kappa shape index (κ2) is 6.10. The monoisotopic (exact) mass is 273 g/mol. The van der Waals surface area contributed by atoms with E-state index in [1.807, 2.05) is 25.1 Å². The number of ether oxygens (including phenoxy) is 2. The molecule has 15 heavy (non-hydrogen) atoms. The summed E-state index contributed by atoms with van der Waals surface area (Å²) >= 11 is 3.42. The van der Waals surface area contributed by atoms with E-state index in [2.05, 4.69) is 15.9 Å². The van der Waals surface area contributed by atoms with Gasteiger partial charge >= 0.3 is 0 Å². The van der Waals surface area contributed by atoms with Gasteiger partial charge in [-0.2, -0.15) is 0 Å². The van der Waals surface area contributed by atoms with Crippen LogP contribution < -0.4 is 10.5 Å². The van der Waals surface area contributed by atoms with Crippen molar-refractivity contribution in [1.29, 1.82) is 0 Å². The standard InChI is InChI=1S/C11H16BrNO2/c1-3-15-11(7-13)9-6-8(12)4-5-10(9)14-2/h4-6,11H,3,7,13H2,1-2H3. The Hall–Kier alpha value is -0.580. The second-order valence-corrected chi connectivity index (χ2v) is 3.98. The lowest BCUT2D eigenvalue weighted by Gasteiger charge is -2.18. The van der Waals surface area contributed by atoms with E-state index in [0.717, 1.165) is 15.8 Å². The van der Waals surface area contributed by atoms with Gasteiger partial charge < -0.3 is 15.2 Å². The highest BCUT2D eigenvalue weighted by molar-refractivity contribution is 9.10. The number of rotatable bonds is 5. The van der Waals surface area contributed by atoms with Gasteiger partial charge in [0.05, 0.1) is 13.2 Å². The van der Waals surface area contributed by atoms with Gasteiger partial charge in [-0.1, -0.05) is 15.9 Å². The maximum absolute atomic E-state index is 5.67. The molecule has 0 amide bonds. The van der Waals surface area contributed by atoms with Crippen LogP contribution in [0.25, 0.3) is 0 Å². The molecule has 0 saturated carbocycles. The van der Waals surface area contributed by atoms with E-state index in [-0.39, 0.29) is 6.10 Å². The summed E-state index contributed by atoms with van der Waals surface area (Å²) in [7, 11) is 1.65. The second-order valence-electron chi connectivity index (χ2n) is 3.07. The zero-order valence-corrected chi connectivity index (χ0v) is 10.6. The third kappa shape index (κ3) is 3.19. The van der Waals surface area contributed by atoms with Crippen molar-refractivity contribution in [3.8, 4) is 5.75 Å². The Morgan fingerprint density at radius 3 is 2.73 bits per heavy atom. The molecule has 0 bridgehead atoms. The van der Waals surface area contributed by atoms with Crippen molar-refractivity contribution in [3.05, 3.63) is 28.2 Å². The normalized spacial score (nSPS) is 12.5. The first kappa shape index (κ1) is 12.5. The Morgan fingerprint density at radius 2 is 2.20 bits per heavy atom. The molecule has 1 rings (SSSR count). The molecule has 0 aliphatic rings. The first-order valence-corrected chi connectivity index (χ1v) is 5.67. The fraction of sp³-hybridized carbons (Fsp3) is 0.455. The fourth-order valence-corrected chi connectivity index (χ4v) is 1.82. The molecule has 0 saturated heterocycles. The van der Waals surface area contributed by atoms with Gasteiger partial charge in [-0.05, 0) is 25.1 Å².